The van der Waals surface area contributed by atoms with Gasteiger partial charge >= 0.3 is 0 Å². The van der Waals surface area contributed by atoms with Gasteiger partial charge in [-0.25, -0.2) is 4.68 Å². The third-order valence-electron chi connectivity index (χ3n) is 3.47. The van der Waals surface area contributed by atoms with Gasteiger partial charge in [-0.3, -0.25) is 4.79 Å². The van der Waals surface area contributed by atoms with E-state index >= 15 is 0 Å². The van der Waals surface area contributed by atoms with Crippen LogP contribution in [-0.4, -0.2) is 53.4 Å². The molecule has 0 saturated carbocycles. The molecule has 1 aromatic heterocycles. The predicted octanol–water partition coefficient (Wildman–Crippen LogP) is 0.454. The number of ether oxygens (including phenoxy) is 1. The van der Waals surface area contributed by atoms with Crippen molar-refractivity contribution < 1.29 is 9.53 Å². The first kappa shape index (κ1) is 14.6. The second-order valence-corrected chi connectivity index (χ2v) is 4.83. The molecule has 1 fully saturated rings. The van der Waals surface area contributed by atoms with E-state index in [1.165, 1.54) is 0 Å². The summed E-state index contributed by atoms with van der Waals surface area (Å²) in [5.74, 6) is 0.957. The fraction of sp³-hybridized carbons (Fsp3) is 0.692. The number of aromatic nitrogens is 2. The van der Waals surface area contributed by atoms with Crippen LogP contribution in [0.25, 0.3) is 0 Å². The van der Waals surface area contributed by atoms with Crippen LogP contribution in [0.3, 0.4) is 0 Å². The quantitative estimate of drug-likeness (QED) is 0.818. The minimum atomic E-state index is 0.152. The summed E-state index contributed by atoms with van der Waals surface area (Å²) >= 11 is 0. The number of anilines is 2. The molecular weight excluding hydrogens is 258 g/mol. The van der Waals surface area contributed by atoms with Crippen LogP contribution in [0, 0.1) is 6.92 Å². The van der Waals surface area contributed by atoms with Crippen molar-refractivity contribution in [1.82, 2.24) is 14.7 Å². The van der Waals surface area contributed by atoms with Crippen LogP contribution in [0.5, 0.6) is 0 Å². The monoisotopic (exact) mass is 281 g/mol. The van der Waals surface area contributed by atoms with Crippen molar-refractivity contribution in [3.05, 3.63) is 5.69 Å². The van der Waals surface area contributed by atoms with Gasteiger partial charge in [0.05, 0.1) is 24.6 Å². The predicted molar refractivity (Wildman–Crippen MR) is 77.6 cm³/mol. The molecule has 1 aliphatic heterocycles. The topological polar surface area (TPSA) is 85.4 Å². The summed E-state index contributed by atoms with van der Waals surface area (Å²) in [5.41, 5.74) is 7.45. The highest BCUT2D eigenvalue weighted by atomic mass is 16.5. The first-order valence-electron chi connectivity index (χ1n) is 7.05. The fourth-order valence-corrected chi connectivity index (χ4v) is 2.27. The number of nitrogens with one attached hydrogen (secondary N) is 1. The van der Waals surface area contributed by atoms with Gasteiger partial charge in [0.25, 0.3) is 0 Å². The van der Waals surface area contributed by atoms with Crippen LogP contribution >= 0.6 is 0 Å². The molecule has 0 bridgehead atoms. The summed E-state index contributed by atoms with van der Waals surface area (Å²) in [7, 11) is 0. The molecule has 20 heavy (non-hydrogen) atoms. The van der Waals surface area contributed by atoms with E-state index in [4.69, 9.17) is 10.5 Å². The molecule has 0 radical (unpaired) electrons. The van der Waals surface area contributed by atoms with Gasteiger partial charge in [-0.05, 0) is 13.8 Å². The molecule has 112 valence electrons. The maximum atomic E-state index is 12.0. The van der Waals surface area contributed by atoms with Gasteiger partial charge in [0.15, 0.2) is 0 Å². The number of hydrogen-bond donors (Lipinski definition) is 2. The molecule has 1 saturated heterocycles. The van der Waals surface area contributed by atoms with Crippen molar-refractivity contribution >= 4 is 17.4 Å². The number of carbonyl (C=O) groups is 1. The molecule has 0 aliphatic carbocycles. The molecule has 7 heteroatoms. The number of morpholine rings is 1. The highest BCUT2D eigenvalue weighted by Crippen LogP contribution is 2.21. The zero-order valence-corrected chi connectivity index (χ0v) is 12.2. The number of nitrogens with zero attached hydrogens (tertiary/aromatic N) is 3. The number of carbonyl (C=O) groups excluding carboxylic acids is 1. The molecule has 3 N–H and O–H groups in total. The van der Waals surface area contributed by atoms with Crippen molar-refractivity contribution in [2.45, 2.75) is 26.8 Å². The van der Waals surface area contributed by atoms with Gasteiger partial charge < -0.3 is 20.7 Å². The standard InChI is InChI=1S/C13H23N5O2/c1-3-18-13(12(14)10(2)16-18)15-5-4-11(19)17-6-8-20-9-7-17/h15H,3-9,14H2,1-2H3. The van der Waals surface area contributed by atoms with E-state index in [9.17, 15) is 4.79 Å². The minimum Gasteiger partial charge on any atom is -0.394 e. The van der Waals surface area contributed by atoms with Crippen molar-refractivity contribution in [3.63, 3.8) is 0 Å². The van der Waals surface area contributed by atoms with Gasteiger partial charge in [0, 0.05) is 32.6 Å². The lowest BCUT2D eigenvalue weighted by molar-refractivity contribution is -0.134. The lowest BCUT2D eigenvalue weighted by atomic mass is 10.3. The number of aryl methyl sites for hydroxylation is 2. The molecule has 0 spiro atoms. The maximum absolute atomic E-state index is 12.0. The molecule has 7 nitrogen and oxygen atoms in total. The van der Waals surface area contributed by atoms with Gasteiger partial charge in [0.1, 0.15) is 5.82 Å². The average molecular weight is 281 g/mol. The molecule has 1 aromatic rings. The number of rotatable bonds is 5. The summed E-state index contributed by atoms with van der Waals surface area (Å²) < 4.78 is 7.06. The normalized spacial score (nSPS) is 15.4. The van der Waals surface area contributed by atoms with Crippen LogP contribution in [0.2, 0.25) is 0 Å². The van der Waals surface area contributed by atoms with E-state index in [1.807, 2.05) is 23.4 Å². The van der Waals surface area contributed by atoms with E-state index in [2.05, 4.69) is 10.4 Å². The third-order valence-corrected chi connectivity index (χ3v) is 3.47. The number of hydrogen-bond acceptors (Lipinski definition) is 5. The Morgan fingerprint density at radius 3 is 2.80 bits per heavy atom. The van der Waals surface area contributed by atoms with Crippen LogP contribution in [-0.2, 0) is 16.1 Å². The van der Waals surface area contributed by atoms with E-state index < -0.39 is 0 Å². The SMILES string of the molecule is CCn1nc(C)c(N)c1NCCC(=O)N1CCOCC1. The zero-order valence-electron chi connectivity index (χ0n) is 12.2. The second kappa shape index (κ2) is 6.60. The van der Waals surface area contributed by atoms with Crippen molar-refractivity contribution in [3.8, 4) is 0 Å². The summed E-state index contributed by atoms with van der Waals surface area (Å²) in [5, 5.41) is 7.55. The Bertz CT molecular complexity index is 466. The van der Waals surface area contributed by atoms with Crippen LogP contribution in [0.4, 0.5) is 11.5 Å². The lowest BCUT2D eigenvalue weighted by Gasteiger charge is -2.26. The molecule has 1 amide bonds. The largest absolute Gasteiger partial charge is 0.394 e. The molecular formula is C13H23N5O2. The molecule has 2 rings (SSSR count). The van der Waals surface area contributed by atoms with E-state index in [0.29, 0.717) is 45.0 Å². The van der Waals surface area contributed by atoms with Gasteiger partial charge in [-0.15, -0.1) is 0 Å². The van der Waals surface area contributed by atoms with Crippen LogP contribution in [0.15, 0.2) is 0 Å². The maximum Gasteiger partial charge on any atom is 0.224 e. The molecule has 0 aromatic carbocycles. The van der Waals surface area contributed by atoms with Crippen LogP contribution < -0.4 is 11.1 Å². The van der Waals surface area contributed by atoms with E-state index in [-0.39, 0.29) is 5.91 Å². The van der Waals surface area contributed by atoms with E-state index in [1.54, 1.807) is 0 Å². The summed E-state index contributed by atoms with van der Waals surface area (Å²) in [4.78, 5) is 13.9. The Balaban J connectivity index is 1.85. The highest BCUT2D eigenvalue weighted by molar-refractivity contribution is 5.77. The van der Waals surface area contributed by atoms with Crippen molar-refractivity contribution in [2.24, 2.45) is 0 Å². The van der Waals surface area contributed by atoms with Gasteiger partial charge in [-0.1, -0.05) is 0 Å². The Morgan fingerprint density at radius 2 is 2.15 bits per heavy atom. The Labute approximate surface area is 119 Å². The number of nitrogens with two attached hydrogens (primary N) is 1. The summed E-state index contributed by atoms with van der Waals surface area (Å²) in [6.07, 6.45) is 0.452. The molecule has 2 heterocycles. The Morgan fingerprint density at radius 1 is 1.45 bits per heavy atom. The lowest BCUT2D eigenvalue weighted by Crippen LogP contribution is -2.41. The van der Waals surface area contributed by atoms with E-state index in [0.717, 1.165) is 18.1 Å². The summed E-state index contributed by atoms with van der Waals surface area (Å²) in [6, 6.07) is 0. The third kappa shape index (κ3) is 3.22. The van der Waals surface area contributed by atoms with Gasteiger partial charge in [-0.2, -0.15) is 5.10 Å². The highest BCUT2D eigenvalue weighted by Gasteiger charge is 2.17. The fourth-order valence-electron chi connectivity index (χ4n) is 2.27. The molecule has 1 aliphatic rings. The minimum absolute atomic E-state index is 0.152. The van der Waals surface area contributed by atoms with Crippen LogP contribution in [0.1, 0.15) is 19.0 Å². The van der Waals surface area contributed by atoms with Crippen molar-refractivity contribution in [2.75, 3.05) is 43.9 Å². The smallest absolute Gasteiger partial charge is 0.224 e. The van der Waals surface area contributed by atoms with Crippen molar-refractivity contribution in [1.29, 1.82) is 0 Å². The first-order valence-corrected chi connectivity index (χ1v) is 7.05. The Kier molecular flexibility index (Phi) is 4.84. The summed E-state index contributed by atoms with van der Waals surface area (Å²) in [6.45, 7) is 7.84. The number of nitrogen functional groups attached to an aromatic ring is 1. The molecule has 0 unspecified atom stereocenters. The second-order valence-electron chi connectivity index (χ2n) is 4.83. The average Bonchev–Trinajstić information content (AvgIpc) is 2.75. The Hall–Kier alpha value is -1.76. The zero-order chi connectivity index (χ0) is 14.5. The van der Waals surface area contributed by atoms with Gasteiger partial charge in [0.2, 0.25) is 5.91 Å². The molecule has 0 atom stereocenters. The first-order chi connectivity index (χ1) is 9.63. The number of amides is 1.